The molecular formula is C32H28O5. The number of aryl methyl sites for hydroxylation is 1. The Kier molecular flexibility index (Phi) is 5.54. The van der Waals surface area contributed by atoms with E-state index < -0.39 is 17.5 Å². The molecule has 0 radical (unpaired) electrons. The zero-order chi connectivity index (χ0) is 25.7. The standard InChI is InChI=1S/C32H28O5/c1-36-28-9-5-8-26-25-14-11-21-17-23(13-15-24(21)27(25)18-29(37-2)30(26)28)32(35,31(33)34)22-12-10-19-6-3-4-7-20(19)16-22/h3-12,14,16,18,23,35H,13,15,17H2,1-2H3,(H,33,34). The molecule has 2 atom stereocenters. The third-order valence-electron chi connectivity index (χ3n) is 8.05. The van der Waals surface area contributed by atoms with Gasteiger partial charge in [-0.25, -0.2) is 4.79 Å². The van der Waals surface area contributed by atoms with E-state index in [1.54, 1.807) is 20.3 Å². The van der Waals surface area contributed by atoms with Gasteiger partial charge < -0.3 is 19.7 Å². The van der Waals surface area contributed by atoms with E-state index in [1.807, 2.05) is 48.5 Å². The van der Waals surface area contributed by atoms with Crippen molar-refractivity contribution in [3.63, 3.8) is 0 Å². The Morgan fingerprint density at radius 1 is 0.838 bits per heavy atom. The minimum Gasteiger partial charge on any atom is -0.496 e. The first kappa shape index (κ1) is 23.3. The Morgan fingerprint density at radius 2 is 1.62 bits per heavy atom. The van der Waals surface area contributed by atoms with Crippen LogP contribution in [0.15, 0.2) is 78.9 Å². The summed E-state index contributed by atoms with van der Waals surface area (Å²) < 4.78 is 11.4. The summed E-state index contributed by atoms with van der Waals surface area (Å²) in [6.45, 7) is 0. The predicted molar refractivity (Wildman–Crippen MR) is 146 cm³/mol. The monoisotopic (exact) mass is 492 g/mol. The number of carboxylic acids is 1. The lowest BCUT2D eigenvalue weighted by Gasteiger charge is -2.37. The lowest BCUT2D eigenvalue weighted by molar-refractivity contribution is -0.167. The van der Waals surface area contributed by atoms with Gasteiger partial charge in [0.15, 0.2) is 5.60 Å². The largest absolute Gasteiger partial charge is 0.496 e. The highest BCUT2D eigenvalue weighted by molar-refractivity contribution is 6.13. The SMILES string of the molecule is COc1cccc2c1c(OC)cc1c3c(ccc12)CC(C(O)(C(=O)O)c1ccc2ccccc2c1)CC3. The van der Waals surface area contributed by atoms with Crippen molar-refractivity contribution in [3.05, 3.63) is 95.6 Å². The number of rotatable bonds is 5. The summed E-state index contributed by atoms with van der Waals surface area (Å²) in [5.41, 5.74) is 0.690. The second kappa shape index (κ2) is 8.79. The van der Waals surface area contributed by atoms with E-state index in [2.05, 4.69) is 24.3 Å². The van der Waals surface area contributed by atoms with Crippen LogP contribution in [-0.2, 0) is 23.2 Å². The summed E-state index contributed by atoms with van der Waals surface area (Å²) in [6.07, 6.45) is 1.69. The highest BCUT2D eigenvalue weighted by Gasteiger charge is 2.47. The number of carbonyl (C=O) groups is 1. The van der Waals surface area contributed by atoms with Crippen LogP contribution in [0.25, 0.3) is 32.3 Å². The second-order valence-corrected chi connectivity index (χ2v) is 9.83. The zero-order valence-electron chi connectivity index (χ0n) is 20.8. The molecular weight excluding hydrogens is 464 g/mol. The molecule has 37 heavy (non-hydrogen) atoms. The van der Waals surface area contributed by atoms with Gasteiger partial charge in [-0.3, -0.25) is 0 Å². The van der Waals surface area contributed by atoms with E-state index in [1.165, 1.54) is 5.56 Å². The molecule has 1 aliphatic rings. The number of benzene rings is 5. The molecule has 0 aliphatic heterocycles. The molecule has 0 saturated heterocycles. The van der Waals surface area contributed by atoms with Crippen LogP contribution in [0.4, 0.5) is 0 Å². The van der Waals surface area contributed by atoms with Gasteiger partial charge in [-0.1, -0.05) is 60.7 Å². The summed E-state index contributed by atoms with van der Waals surface area (Å²) >= 11 is 0. The van der Waals surface area contributed by atoms with Gasteiger partial charge in [-0.05, 0) is 81.1 Å². The average molecular weight is 493 g/mol. The number of hydrogen-bond acceptors (Lipinski definition) is 4. The Hall–Kier alpha value is -4.09. The summed E-state index contributed by atoms with van der Waals surface area (Å²) in [6, 6.07) is 25.4. The number of fused-ring (bicyclic) bond motifs is 6. The molecule has 0 amide bonds. The summed E-state index contributed by atoms with van der Waals surface area (Å²) in [7, 11) is 3.32. The van der Waals surface area contributed by atoms with Crippen molar-refractivity contribution in [2.24, 2.45) is 5.92 Å². The van der Waals surface area contributed by atoms with Gasteiger partial charge >= 0.3 is 5.97 Å². The third-order valence-corrected chi connectivity index (χ3v) is 8.05. The molecule has 5 aromatic rings. The quantitative estimate of drug-likeness (QED) is 0.284. The normalized spacial score (nSPS) is 16.9. The van der Waals surface area contributed by atoms with Gasteiger partial charge in [0.05, 0.1) is 19.6 Å². The smallest absolute Gasteiger partial charge is 0.340 e. The number of ether oxygens (including phenoxy) is 2. The fourth-order valence-electron chi connectivity index (χ4n) is 6.14. The van der Waals surface area contributed by atoms with E-state index in [0.717, 1.165) is 49.4 Å². The second-order valence-electron chi connectivity index (χ2n) is 9.83. The number of aliphatic carboxylic acids is 1. The Morgan fingerprint density at radius 3 is 2.38 bits per heavy atom. The maximum atomic E-state index is 12.6. The highest BCUT2D eigenvalue weighted by atomic mass is 16.5. The maximum absolute atomic E-state index is 12.6. The number of hydrogen-bond donors (Lipinski definition) is 2. The van der Waals surface area contributed by atoms with Crippen LogP contribution in [0.5, 0.6) is 11.5 Å². The fraction of sp³-hybridized carbons (Fsp3) is 0.219. The van der Waals surface area contributed by atoms with Crippen molar-refractivity contribution >= 4 is 38.3 Å². The van der Waals surface area contributed by atoms with Gasteiger partial charge in [0.1, 0.15) is 11.5 Å². The first-order valence-corrected chi connectivity index (χ1v) is 12.5. The summed E-state index contributed by atoms with van der Waals surface area (Å²) in [5.74, 6) is -0.167. The molecule has 2 N–H and O–H groups in total. The first-order valence-electron chi connectivity index (χ1n) is 12.5. The minimum absolute atomic E-state index is 0.424. The van der Waals surface area contributed by atoms with Crippen LogP contribution in [0.3, 0.4) is 0 Å². The molecule has 5 nitrogen and oxygen atoms in total. The van der Waals surface area contributed by atoms with Crippen molar-refractivity contribution < 1.29 is 24.5 Å². The predicted octanol–water partition coefficient (Wildman–Crippen LogP) is 6.24. The molecule has 0 fully saturated rings. The van der Waals surface area contributed by atoms with Crippen molar-refractivity contribution in [2.75, 3.05) is 14.2 Å². The number of aliphatic hydroxyl groups is 1. The van der Waals surface area contributed by atoms with Crippen LogP contribution in [0, 0.1) is 5.92 Å². The maximum Gasteiger partial charge on any atom is 0.340 e. The van der Waals surface area contributed by atoms with E-state index in [-0.39, 0.29) is 0 Å². The molecule has 186 valence electrons. The Balaban J connectivity index is 1.46. The number of carboxylic acid groups (broad SMARTS) is 1. The lowest BCUT2D eigenvalue weighted by Crippen LogP contribution is -2.45. The van der Waals surface area contributed by atoms with Gasteiger partial charge in [-0.15, -0.1) is 0 Å². The van der Waals surface area contributed by atoms with Crippen molar-refractivity contribution in [3.8, 4) is 11.5 Å². The Bertz CT molecular complexity index is 1690. The lowest BCUT2D eigenvalue weighted by atomic mass is 9.70. The molecule has 2 unspecified atom stereocenters. The van der Waals surface area contributed by atoms with Gasteiger partial charge in [-0.2, -0.15) is 0 Å². The van der Waals surface area contributed by atoms with Crippen molar-refractivity contribution in [1.82, 2.24) is 0 Å². The highest BCUT2D eigenvalue weighted by Crippen LogP contribution is 2.45. The fourth-order valence-corrected chi connectivity index (χ4v) is 6.14. The van der Waals surface area contributed by atoms with Crippen LogP contribution < -0.4 is 9.47 Å². The summed E-state index contributed by atoms with van der Waals surface area (Å²) in [5, 5.41) is 28.1. The molecule has 0 saturated carbocycles. The van der Waals surface area contributed by atoms with E-state index in [9.17, 15) is 15.0 Å². The van der Waals surface area contributed by atoms with E-state index in [4.69, 9.17) is 9.47 Å². The third kappa shape index (κ3) is 3.53. The molecule has 5 heteroatoms. The molecule has 6 rings (SSSR count). The van der Waals surface area contributed by atoms with Crippen LogP contribution >= 0.6 is 0 Å². The van der Waals surface area contributed by atoms with Gasteiger partial charge in [0.25, 0.3) is 0 Å². The van der Waals surface area contributed by atoms with Crippen LogP contribution in [0.1, 0.15) is 23.1 Å². The molecule has 0 bridgehead atoms. The van der Waals surface area contributed by atoms with Crippen molar-refractivity contribution in [2.45, 2.75) is 24.9 Å². The van der Waals surface area contributed by atoms with Gasteiger partial charge in [0.2, 0.25) is 0 Å². The summed E-state index contributed by atoms with van der Waals surface area (Å²) in [4.78, 5) is 12.6. The van der Waals surface area contributed by atoms with Crippen molar-refractivity contribution in [1.29, 1.82) is 0 Å². The number of methoxy groups -OCH3 is 2. The van der Waals surface area contributed by atoms with E-state index in [0.29, 0.717) is 24.8 Å². The Labute approximate surface area is 214 Å². The molecule has 1 aliphatic carbocycles. The zero-order valence-corrected chi connectivity index (χ0v) is 20.8. The topological polar surface area (TPSA) is 76.0 Å². The van der Waals surface area contributed by atoms with Crippen LogP contribution in [-0.4, -0.2) is 30.4 Å². The molecule has 5 aromatic carbocycles. The van der Waals surface area contributed by atoms with Gasteiger partial charge in [0, 0.05) is 5.92 Å². The van der Waals surface area contributed by atoms with E-state index >= 15 is 0 Å². The first-order chi connectivity index (χ1) is 18.0. The van der Waals surface area contributed by atoms with Crippen LogP contribution in [0.2, 0.25) is 0 Å². The minimum atomic E-state index is -1.98. The average Bonchev–Trinajstić information content (AvgIpc) is 2.94. The molecule has 0 heterocycles. The molecule has 0 aromatic heterocycles. The molecule has 0 spiro atoms.